The third kappa shape index (κ3) is 3.65. The summed E-state index contributed by atoms with van der Waals surface area (Å²) in [6.07, 6.45) is 3.02. The summed E-state index contributed by atoms with van der Waals surface area (Å²) in [6, 6.07) is 11.2. The van der Waals surface area contributed by atoms with Gasteiger partial charge >= 0.3 is 0 Å². The summed E-state index contributed by atoms with van der Waals surface area (Å²) in [6.45, 7) is 3.81. The highest BCUT2D eigenvalue weighted by atomic mass is 19.1. The first-order valence-corrected chi connectivity index (χ1v) is 9.01. The Morgan fingerprint density at radius 1 is 1.14 bits per heavy atom. The van der Waals surface area contributed by atoms with Crippen LogP contribution in [0.4, 0.5) is 4.39 Å². The highest BCUT2D eigenvalue weighted by Crippen LogP contribution is 2.29. The molecule has 1 aromatic heterocycles. The number of unbranched alkanes of at least 4 members (excludes halogenated alkanes) is 1. The zero-order valence-corrected chi connectivity index (χ0v) is 15.7. The van der Waals surface area contributed by atoms with Gasteiger partial charge in [-0.25, -0.2) is 4.39 Å². The Labute approximate surface area is 162 Å². The average molecular weight is 378 g/mol. The second-order valence-corrected chi connectivity index (χ2v) is 6.49. The van der Waals surface area contributed by atoms with Gasteiger partial charge in [-0.2, -0.15) is 5.26 Å². The number of carbonyl (C=O) groups is 2. The summed E-state index contributed by atoms with van der Waals surface area (Å²) in [4.78, 5) is 26.4. The molecule has 5 nitrogen and oxygen atoms in total. The molecule has 0 aliphatic carbocycles. The Morgan fingerprint density at radius 2 is 1.86 bits per heavy atom. The van der Waals surface area contributed by atoms with Gasteiger partial charge < -0.3 is 4.42 Å². The normalized spacial score (nSPS) is 16.1. The summed E-state index contributed by atoms with van der Waals surface area (Å²) in [7, 11) is 0. The molecular formula is C22H19FN2O3. The molecule has 0 saturated carbocycles. The smallest absolute Gasteiger partial charge is 0.271 e. The number of amides is 2. The van der Waals surface area contributed by atoms with Crippen molar-refractivity contribution >= 4 is 17.9 Å². The zero-order valence-electron chi connectivity index (χ0n) is 15.7. The molecule has 3 rings (SSSR count). The molecule has 28 heavy (non-hydrogen) atoms. The van der Waals surface area contributed by atoms with Crippen LogP contribution in [0.2, 0.25) is 0 Å². The second kappa shape index (κ2) is 8.05. The van der Waals surface area contributed by atoms with E-state index >= 15 is 0 Å². The van der Waals surface area contributed by atoms with E-state index in [1.54, 1.807) is 31.2 Å². The van der Waals surface area contributed by atoms with Crippen LogP contribution in [-0.2, 0) is 9.59 Å². The van der Waals surface area contributed by atoms with Crippen LogP contribution in [0.3, 0.4) is 0 Å². The summed E-state index contributed by atoms with van der Waals surface area (Å²) in [5, 5.41) is 9.37. The predicted octanol–water partition coefficient (Wildman–Crippen LogP) is 4.48. The fourth-order valence-corrected chi connectivity index (χ4v) is 2.99. The minimum Gasteiger partial charge on any atom is -0.457 e. The lowest BCUT2D eigenvalue weighted by atomic mass is 9.94. The molecular weight excluding hydrogens is 359 g/mol. The number of rotatable bonds is 5. The molecule has 0 spiro atoms. The van der Waals surface area contributed by atoms with Crippen LogP contribution < -0.4 is 0 Å². The summed E-state index contributed by atoms with van der Waals surface area (Å²) < 4.78 is 18.8. The number of halogens is 1. The molecule has 0 radical (unpaired) electrons. The minimum absolute atomic E-state index is 0.0349. The van der Waals surface area contributed by atoms with Crippen molar-refractivity contribution in [2.75, 3.05) is 6.54 Å². The maximum Gasteiger partial charge on any atom is 0.271 e. The molecule has 2 aromatic rings. The van der Waals surface area contributed by atoms with E-state index in [4.69, 9.17) is 4.42 Å². The number of hydrogen-bond donors (Lipinski definition) is 0. The van der Waals surface area contributed by atoms with Gasteiger partial charge in [0.2, 0.25) is 0 Å². The van der Waals surface area contributed by atoms with Crippen LogP contribution in [0.25, 0.3) is 17.4 Å². The topological polar surface area (TPSA) is 74.3 Å². The quantitative estimate of drug-likeness (QED) is 0.568. The lowest BCUT2D eigenvalue weighted by Crippen LogP contribution is -2.43. The largest absolute Gasteiger partial charge is 0.457 e. The van der Waals surface area contributed by atoms with E-state index in [0.29, 0.717) is 29.1 Å². The molecule has 142 valence electrons. The van der Waals surface area contributed by atoms with Crippen LogP contribution in [0.5, 0.6) is 0 Å². The molecule has 6 heteroatoms. The molecule has 0 fully saturated rings. The van der Waals surface area contributed by atoms with Crippen LogP contribution in [-0.4, -0.2) is 23.3 Å². The van der Waals surface area contributed by atoms with Gasteiger partial charge in [-0.3, -0.25) is 14.5 Å². The molecule has 0 atom stereocenters. The van der Waals surface area contributed by atoms with E-state index in [-0.39, 0.29) is 23.5 Å². The highest BCUT2D eigenvalue weighted by Gasteiger charge is 2.35. The maximum absolute atomic E-state index is 13.1. The number of hydrogen-bond acceptors (Lipinski definition) is 4. The number of nitrogens with zero attached hydrogens (tertiary/aromatic N) is 2. The fraction of sp³-hybridized carbons (Fsp3) is 0.227. The fourth-order valence-electron chi connectivity index (χ4n) is 2.99. The average Bonchev–Trinajstić information content (AvgIpc) is 3.15. The van der Waals surface area contributed by atoms with Gasteiger partial charge in [0, 0.05) is 17.7 Å². The van der Waals surface area contributed by atoms with Gasteiger partial charge in [0.15, 0.2) is 0 Å². The first-order chi connectivity index (χ1) is 13.5. The van der Waals surface area contributed by atoms with E-state index in [0.717, 1.165) is 11.3 Å². The molecule has 0 bridgehead atoms. The van der Waals surface area contributed by atoms with E-state index in [1.807, 2.05) is 13.0 Å². The van der Waals surface area contributed by atoms with Crippen LogP contribution in [0, 0.1) is 17.1 Å². The van der Waals surface area contributed by atoms with Crippen molar-refractivity contribution in [2.45, 2.75) is 26.7 Å². The molecule has 1 aliphatic rings. The van der Waals surface area contributed by atoms with Crippen molar-refractivity contribution < 1.29 is 18.4 Å². The second-order valence-electron chi connectivity index (χ2n) is 6.49. The Kier molecular flexibility index (Phi) is 5.55. The molecule has 0 N–H and O–H groups in total. The number of furan rings is 1. The SMILES string of the molecule is CCCCN1C(=O)C(C#N)=C(C)/C(=C\c2ccc(-c3ccc(F)cc3)o2)C1=O. The van der Waals surface area contributed by atoms with Gasteiger partial charge in [-0.1, -0.05) is 13.3 Å². The van der Waals surface area contributed by atoms with Gasteiger partial charge in [0.1, 0.15) is 29.0 Å². The first kappa shape index (κ1) is 19.3. The van der Waals surface area contributed by atoms with Crippen LogP contribution in [0.15, 0.2) is 57.5 Å². The summed E-state index contributed by atoms with van der Waals surface area (Å²) in [5.41, 5.74) is 1.26. The van der Waals surface area contributed by atoms with Crippen molar-refractivity contribution in [3.63, 3.8) is 0 Å². The molecule has 0 unspecified atom stereocenters. The van der Waals surface area contributed by atoms with E-state index in [2.05, 4.69) is 0 Å². The van der Waals surface area contributed by atoms with Crippen molar-refractivity contribution in [3.05, 3.63) is 64.7 Å². The van der Waals surface area contributed by atoms with Gasteiger partial charge in [0.05, 0.1) is 0 Å². The Hall–Kier alpha value is -3.46. The van der Waals surface area contributed by atoms with Gasteiger partial charge in [0.25, 0.3) is 11.8 Å². The van der Waals surface area contributed by atoms with E-state index in [9.17, 15) is 19.2 Å². The molecule has 0 saturated heterocycles. The summed E-state index contributed by atoms with van der Waals surface area (Å²) in [5.74, 6) is -0.399. The molecule has 2 heterocycles. The zero-order chi connectivity index (χ0) is 20.3. The van der Waals surface area contributed by atoms with E-state index < -0.39 is 11.8 Å². The third-order valence-corrected chi connectivity index (χ3v) is 4.60. The summed E-state index contributed by atoms with van der Waals surface area (Å²) >= 11 is 0. The first-order valence-electron chi connectivity index (χ1n) is 9.01. The Morgan fingerprint density at radius 3 is 2.50 bits per heavy atom. The maximum atomic E-state index is 13.1. The van der Waals surface area contributed by atoms with Crippen molar-refractivity contribution in [3.8, 4) is 17.4 Å². The number of nitriles is 1. The highest BCUT2D eigenvalue weighted by molar-refractivity contribution is 6.19. The monoisotopic (exact) mass is 378 g/mol. The Balaban J connectivity index is 1.99. The molecule has 1 aliphatic heterocycles. The molecule has 2 amide bonds. The van der Waals surface area contributed by atoms with Crippen molar-refractivity contribution in [1.82, 2.24) is 4.90 Å². The third-order valence-electron chi connectivity index (χ3n) is 4.60. The van der Waals surface area contributed by atoms with Crippen molar-refractivity contribution in [1.29, 1.82) is 5.26 Å². The van der Waals surface area contributed by atoms with Crippen LogP contribution in [0.1, 0.15) is 32.4 Å². The minimum atomic E-state index is -0.554. The van der Waals surface area contributed by atoms with Crippen LogP contribution >= 0.6 is 0 Å². The predicted molar refractivity (Wildman–Crippen MR) is 102 cm³/mol. The van der Waals surface area contributed by atoms with Gasteiger partial charge in [-0.05, 0) is 61.4 Å². The van der Waals surface area contributed by atoms with Gasteiger partial charge in [-0.15, -0.1) is 0 Å². The molecule has 1 aromatic carbocycles. The lowest BCUT2D eigenvalue weighted by Gasteiger charge is -2.27. The Bertz CT molecular complexity index is 1020. The number of imide groups is 1. The number of benzene rings is 1. The van der Waals surface area contributed by atoms with Crippen molar-refractivity contribution in [2.24, 2.45) is 0 Å². The standard InChI is InChI=1S/C22H19FN2O3/c1-3-4-11-25-21(26)18(14(2)19(13-24)22(25)27)12-17-9-10-20(28-17)15-5-7-16(23)8-6-15/h5-10,12H,3-4,11H2,1-2H3/b18-12+. The number of carbonyl (C=O) groups excluding carboxylic acids is 2. The van der Waals surface area contributed by atoms with E-state index in [1.165, 1.54) is 18.2 Å². The lowest BCUT2D eigenvalue weighted by molar-refractivity contribution is -0.140.